The Morgan fingerprint density at radius 2 is 1.20 bits per heavy atom. The van der Waals surface area contributed by atoms with Gasteiger partial charge in [-0.15, -0.1) is 0 Å². The van der Waals surface area contributed by atoms with Crippen LogP contribution in [-0.4, -0.2) is 29.2 Å². The van der Waals surface area contributed by atoms with E-state index < -0.39 is 0 Å². The van der Waals surface area contributed by atoms with Gasteiger partial charge >= 0.3 is 0 Å². The van der Waals surface area contributed by atoms with Gasteiger partial charge in [-0.1, -0.05) is 46.6 Å². The first-order valence-electron chi connectivity index (χ1n) is 11.1. The number of carbonyl (C=O) groups is 2. The maximum Gasteiger partial charge on any atom is 0.217 e. The van der Waals surface area contributed by atoms with Crippen molar-refractivity contribution >= 4 is 23.5 Å². The van der Waals surface area contributed by atoms with Crippen LogP contribution in [0.1, 0.15) is 87.0 Å². The second-order valence-electron chi connectivity index (χ2n) is 8.45. The molecule has 0 aromatic rings. The average Bonchev–Trinajstić information content (AvgIpc) is 2.63. The van der Waals surface area contributed by atoms with Crippen molar-refractivity contribution in [1.29, 1.82) is 0 Å². The lowest BCUT2D eigenvalue weighted by Gasteiger charge is -2.13. The second kappa shape index (κ2) is 17.2. The van der Waals surface area contributed by atoms with E-state index in [1.54, 1.807) is 11.8 Å². The highest BCUT2D eigenvalue weighted by molar-refractivity contribution is 7.99. The van der Waals surface area contributed by atoms with Crippen LogP contribution in [-0.2, 0) is 9.59 Å². The number of carbonyl (C=O) groups excluding carboxylic acids is 2. The van der Waals surface area contributed by atoms with Gasteiger partial charge < -0.3 is 5.32 Å². The SMILES string of the molecule is CC(=O)NC(CSCC=C(C)CCC=C(C)CCC=C(C)CCC=C(C)C)C(C)=O. The number of hydrogen-bond donors (Lipinski definition) is 1. The van der Waals surface area contributed by atoms with Crippen molar-refractivity contribution in [1.82, 2.24) is 5.32 Å². The van der Waals surface area contributed by atoms with E-state index in [-0.39, 0.29) is 17.7 Å². The largest absolute Gasteiger partial charge is 0.346 e. The van der Waals surface area contributed by atoms with E-state index in [4.69, 9.17) is 0 Å². The molecule has 0 aromatic carbocycles. The van der Waals surface area contributed by atoms with Gasteiger partial charge in [-0.3, -0.25) is 9.59 Å². The van der Waals surface area contributed by atoms with Gasteiger partial charge in [0.1, 0.15) is 0 Å². The van der Waals surface area contributed by atoms with Crippen molar-refractivity contribution in [3.8, 4) is 0 Å². The number of nitrogens with one attached hydrogen (secondary N) is 1. The summed E-state index contributed by atoms with van der Waals surface area (Å²) in [6.07, 6.45) is 16.0. The third-order valence-electron chi connectivity index (χ3n) is 4.86. The Morgan fingerprint density at radius 1 is 0.733 bits per heavy atom. The molecule has 1 amide bonds. The highest BCUT2D eigenvalue weighted by atomic mass is 32.2. The van der Waals surface area contributed by atoms with Crippen molar-refractivity contribution < 1.29 is 9.59 Å². The third-order valence-corrected chi connectivity index (χ3v) is 5.83. The number of thioether (sulfide) groups is 1. The average molecular weight is 434 g/mol. The molecule has 1 N–H and O–H groups in total. The standard InChI is InChI=1S/C26H43NO2S/c1-20(2)11-8-12-21(3)13-9-14-22(4)15-10-16-23(5)17-18-30-19-26(24(6)28)27-25(7)29/h11,13,15,17,26H,8-10,12,14,16,18-19H2,1-7H3,(H,27,29). The molecule has 0 saturated heterocycles. The first-order chi connectivity index (χ1) is 14.1. The Hall–Kier alpha value is -1.55. The zero-order valence-corrected chi connectivity index (χ0v) is 21.1. The van der Waals surface area contributed by atoms with Gasteiger partial charge in [-0.05, 0) is 80.1 Å². The van der Waals surface area contributed by atoms with E-state index in [1.807, 2.05) is 0 Å². The molecule has 0 fully saturated rings. The second-order valence-corrected chi connectivity index (χ2v) is 9.53. The van der Waals surface area contributed by atoms with Crippen molar-refractivity contribution in [3.05, 3.63) is 46.6 Å². The molecule has 1 unspecified atom stereocenters. The molecule has 30 heavy (non-hydrogen) atoms. The molecule has 1 atom stereocenters. The lowest BCUT2D eigenvalue weighted by molar-refractivity contribution is -0.125. The van der Waals surface area contributed by atoms with Gasteiger partial charge in [0.15, 0.2) is 5.78 Å². The fourth-order valence-corrected chi connectivity index (χ4v) is 3.97. The van der Waals surface area contributed by atoms with Crippen LogP contribution in [0.3, 0.4) is 0 Å². The van der Waals surface area contributed by atoms with E-state index >= 15 is 0 Å². The quantitative estimate of drug-likeness (QED) is 0.224. The highest BCUT2D eigenvalue weighted by Gasteiger charge is 2.14. The number of Topliss-reactive ketones (excluding diaryl/α,β-unsaturated/α-hetero) is 1. The molecular weight excluding hydrogens is 390 g/mol. The Balaban J connectivity index is 4.12. The minimum atomic E-state index is -0.378. The normalized spacial score (nSPS) is 13.8. The van der Waals surface area contributed by atoms with Gasteiger partial charge in [0.2, 0.25) is 5.91 Å². The van der Waals surface area contributed by atoms with Crippen LogP contribution in [0.15, 0.2) is 46.6 Å². The summed E-state index contributed by atoms with van der Waals surface area (Å²) in [5.74, 6) is 1.35. The van der Waals surface area contributed by atoms with Crippen LogP contribution in [0.25, 0.3) is 0 Å². The fraction of sp³-hybridized carbons (Fsp3) is 0.615. The minimum Gasteiger partial charge on any atom is -0.346 e. The zero-order valence-electron chi connectivity index (χ0n) is 20.3. The van der Waals surface area contributed by atoms with E-state index in [2.05, 4.69) is 64.2 Å². The molecule has 0 heterocycles. The van der Waals surface area contributed by atoms with E-state index in [0.29, 0.717) is 5.75 Å². The van der Waals surface area contributed by atoms with Gasteiger partial charge in [0, 0.05) is 18.4 Å². The molecule has 0 saturated carbocycles. The molecule has 0 aliphatic rings. The van der Waals surface area contributed by atoms with Crippen LogP contribution in [0.2, 0.25) is 0 Å². The molecule has 4 heteroatoms. The van der Waals surface area contributed by atoms with E-state index in [1.165, 1.54) is 36.1 Å². The lowest BCUT2D eigenvalue weighted by atomic mass is 10.0. The summed E-state index contributed by atoms with van der Waals surface area (Å²) in [7, 11) is 0. The summed E-state index contributed by atoms with van der Waals surface area (Å²) in [6, 6.07) is -0.378. The summed E-state index contributed by atoms with van der Waals surface area (Å²) < 4.78 is 0. The molecule has 0 aromatic heterocycles. The topological polar surface area (TPSA) is 46.2 Å². The Morgan fingerprint density at radius 3 is 1.63 bits per heavy atom. The number of hydrogen-bond acceptors (Lipinski definition) is 3. The molecule has 0 aliphatic heterocycles. The number of amides is 1. The van der Waals surface area contributed by atoms with E-state index in [9.17, 15) is 9.59 Å². The minimum absolute atomic E-state index is 0.0111. The molecule has 0 radical (unpaired) electrons. The predicted molar refractivity (Wildman–Crippen MR) is 134 cm³/mol. The Labute approximate surface area is 189 Å². The molecule has 0 rings (SSSR count). The monoisotopic (exact) mass is 433 g/mol. The Bertz CT molecular complexity index is 652. The number of allylic oxidation sites excluding steroid dienone is 7. The molecule has 0 aliphatic carbocycles. The van der Waals surface area contributed by atoms with Gasteiger partial charge in [0.25, 0.3) is 0 Å². The first kappa shape index (κ1) is 28.5. The summed E-state index contributed by atoms with van der Waals surface area (Å²) in [5.41, 5.74) is 5.72. The molecule has 0 spiro atoms. The van der Waals surface area contributed by atoms with Crippen molar-refractivity contribution in [2.24, 2.45) is 0 Å². The van der Waals surface area contributed by atoms with Crippen LogP contribution in [0.4, 0.5) is 0 Å². The smallest absolute Gasteiger partial charge is 0.217 e. The van der Waals surface area contributed by atoms with Crippen molar-refractivity contribution in [2.75, 3.05) is 11.5 Å². The maximum absolute atomic E-state index is 11.5. The fourth-order valence-electron chi connectivity index (χ4n) is 2.88. The first-order valence-corrected chi connectivity index (χ1v) is 12.2. The van der Waals surface area contributed by atoms with Crippen LogP contribution in [0.5, 0.6) is 0 Å². The summed E-state index contributed by atoms with van der Waals surface area (Å²) in [4.78, 5) is 22.7. The molecule has 0 bridgehead atoms. The van der Waals surface area contributed by atoms with Crippen LogP contribution in [0, 0.1) is 0 Å². The van der Waals surface area contributed by atoms with Gasteiger partial charge in [-0.25, -0.2) is 0 Å². The summed E-state index contributed by atoms with van der Waals surface area (Å²) in [6.45, 7) is 13.9. The summed E-state index contributed by atoms with van der Waals surface area (Å²) >= 11 is 1.68. The number of rotatable bonds is 15. The predicted octanol–water partition coefficient (Wildman–Crippen LogP) is 6.96. The lowest BCUT2D eigenvalue weighted by Crippen LogP contribution is -2.40. The number of ketones is 1. The van der Waals surface area contributed by atoms with Crippen molar-refractivity contribution in [3.63, 3.8) is 0 Å². The maximum atomic E-state index is 11.5. The molecule has 170 valence electrons. The summed E-state index contributed by atoms with van der Waals surface area (Å²) in [5, 5.41) is 2.71. The molecule has 3 nitrogen and oxygen atoms in total. The van der Waals surface area contributed by atoms with Gasteiger partial charge in [-0.2, -0.15) is 11.8 Å². The van der Waals surface area contributed by atoms with Crippen LogP contribution < -0.4 is 5.32 Å². The zero-order chi connectivity index (χ0) is 22.9. The van der Waals surface area contributed by atoms with Gasteiger partial charge in [0.05, 0.1) is 6.04 Å². The molecular formula is C26H43NO2S. The Kier molecular flexibility index (Phi) is 16.3. The van der Waals surface area contributed by atoms with Crippen molar-refractivity contribution in [2.45, 2.75) is 93.0 Å². The third kappa shape index (κ3) is 17.3. The van der Waals surface area contributed by atoms with Crippen LogP contribution >= 0.6 is 11.8 Å². The highest BCUT2D eigenvalue weighted by Crippen LogP contribution is 2.14. The van der Waals surface area contributed by atoms with E-state index in [0.717, 1.165) is 44.3 Å².